The zero-order valence-electron chi connectivity index (χ0n) is 18.8. The van der Waals surface area contributed by atoms with Gasteiger partial charge < -0.3 is 10.2 Å². The number of pyridine rings is 1. The van der Waals surface area contributed by atoms with Gasteiger partial charge in [0.05, 0.1) is 17.7 Å². The Morgan fingerprint density at radius 2 is 1.53 bits per heavy atom. The Bertz CT molecular complexity index is 960. The summed E-state index contributed by atoms with van der Waals surface area (Å²) in [7, 11) is 0. The van der Waals surface area contributed by atoms with Crippen LogP contribution in [0.25, 0.3) is 22.2 Å². The summed E-state index contributed by atoms with van der Waals surface area (Å²) in [5.74, 6) is 0.769. The first-order valence-electron chi connectivity index (χ1n) is 11.8. The van der Waals surface area contributed by atoms with Crippen LogP contribution in [0, 0.1) is 24.8 Å². The van der Waals surface area contributed by atoms with Crippen molar-refractivity contribution < 1.29 is 30.3 Å². The molecule has 0 aliphatic heterocycles. The Labute approximate surface area is 205 Å². The van der Waals surface area contributed by atoms with Crippen molar-refractivity contribution in [2.75, 3.05) is 0 Å². The Balaban J connectivity index is 0.000000178. The Morgan fingerprint density at radius 3 is 2.19 bits per heavy atom. The number of aromatic nitrogens is 1. The molecule has 3 nitrogen and oxygen atoms in total. The minimum Gasteiger partial charge on any atom is -0.393 e. The third-order valence-corrected chi connectivity index (χ3v) is 6.91. The minimum atomic E-state index is -0.240. The Morgan fingerprint density at radius 1 is 0.844 bits per heavy atom. The number of aryl methyl sites for hydroxylation is 1. The Kier molecular flexibility index (Phi) is 9.43. The molecule has 4 heteroatoms. The predicted octanol–water partition coefficient (Wildman–Crippen LogP) is 6.10. The molecule has 0 spiro atoms. The van der Waals surface area contributed by atoms with Gasteiger partial charge in [0, 0.05) is 26.0 Å². The topological polar surface area (TPSA) is 53.4 Å². The van der Waals surface area contributed by atoms with E-state index in [1.807, 2.05) is 30.3 Å². The van der Waals surface area contributed by atoms with Gasteiger partial charge in [-0.25, -0.2) is 0 Å². The van der Waals surface area contributed by atoms with Crippen molar-refractivity contribution in [1.82, 2.24) is 4.98 Å². The number of rotatable bonds is 1. The van der Waals surface area contributed by atoms with Crippen molar-refractivity contribution in [2.24, 2.45) is 11.8 Å². The van der Waals surface area contributed by atoms with Crippen molar-refractivity contribution >= 4 is 10.9 Å². The fourth-order valence-electron chi connectivity index (χ4n) is 5.27. The fourth-order valence-corrected chi connectivity index (χ4v) is 5.27. The molecule has 3 aromatic rings. The predicted molar refractivity (Wildman–Crippen MR) is 127 cm³/mol. The molecule has 2 N–H and O–H groups in total. The summed E-state index contributed by atoms with van der Waals surface area (Å²) >= 11 is 0. The first kappa shape index (κ1) is 25.0. The number of nitrogens with zero attached hydrogens (tertiary/aromatic N) is 1. The van der Waals surface area contributed by atoms with Gasteiger partial charge in [-0.05, 0) is 61.7 Å². The van der Waals surface area contributed by atoms with E-state index < -0.39 is 0 Å². The summed E-state index contributed by atoms with van der Waals surface area (Å²) in [6.45, 7) is 2.10. The van der Waals surface area contributed by atoms with E-state index in [2.05, 4.69) is 42.2 Å². The molecule has 2 unspecified atom stereocenters. The first-order chi connectivity index (χ1) is 15.1. The van der Waals surface area contributed by atoms with E-state index in [9.17, 15) is 10.2 Å². The molecule has 2 fully saturated rings. The second kappa shape index (κ2) is 12.0. The van der Waals surface area contributed by atoms with Crippen molar-refractivity contribution in [1.29, 1.82) is 0 Å². The molecule has 1 heterocycles. The van der Waals surface area contributed by atoms with E-state index >= 15 is 0 Å². The summed E-state index contributed by atoms with van der Waals surface area (Å²) < 4.78 is 0. The van der Waals surface area contributed by atoms with Crippen LogP contribution in [0.5, 0.6) is 0 Å². The van der Waals surface area contributed by atoms with Gasteiger partial charge in [-0.2, -0.15) is 0 Å². The number of hydrogen-bond donors (Lipinski definition) is 2. The van der Waals surface area contributed by atoms with E-state index in [1.54, 1.807) is 0 Å². The molecule has 2 atom stereocenters. The minimum absolute atomic E-state index is 0. The summed E-state index contributed by atoms with van der Waals surface area (Å²) in [6, 6.07) is 21.6. The molecule has 2 aliphatic carbocycles. The monoisotopic (exact) mass is 609 g/mol. The van der Waals surface area contributed by atoms with Gasteiger partial charge in [0.1, 0.15) is 0 Å². The standard InChI is InChI=1S/C16H12N.C12H22O2.Ir/c1-12-7-9-16-14(11-12)8-10-15(17-16)13-5-3-2-4-6-13;13-10-7-3-1-5-9-6-2-4-8-11(14)12(9)10;/h2-5,7-11H,1H3;9-14H,1-8H2;/q-1;;. The molecule has 5 rings (SSSR count). The van der Waals surface area contributed by atoms with E-state index in [1.165, 1.54) is 36.6 Å². The zero-order chi connectivity index (χ0) is 21.6. The van der Waals surface area contributed by atoms with Crippen LogP contribution in [0.15, 0.2) is 54.6 Å². The molecule has 0 amide bonds. The van der Waals surface area contributed by atoms with Crippen LogP contribution in [-0.4, -0.2) is 27.4 Å². The van der Waals surface area contributed by atoms with Crippen molar-refractivity contribution in [3.05, 3.63) is 66.2 Å². The fraction of sp³-hybridized carbons (Fsp3) is 0.464. The summed E-state index contributed by atoms with van der Waals surface area (Å²) in [5.41, 5.74) is 4.31. The van der Waals surface area contributed by atoms with Gasteiger partial charge >= 0.3 is 0 Å². The normalized spacial score (nSPS) is 25.3. The Hall–Kier alpha value is -1.58. The summed E-state index contributed by atoms with van der Waals surface area (Å²) in [4.78, 5) is 4.66. The number of fused-ring (bicyclic) bond motifs is 2. The largest absolute Gasteiger partial charge is 0.393 e. The van der Waals surface area contributed by atoms with Gasteiger partial charge in [0.15, 0.2) is 0 Å². The molecular weight excluding hydrogens is 575 g/mol. The van der Waals surface area contributed by atoms with Crippen LogP contribution in [0.1, 0.15) is 56.9 Å². The van der Waals surface area contributed by atoms with Crippen molar-refractivity contribution in [3.8, 4) is 11.3 Å². The van der Waals surface area contributed by atoms with Crippen LogP contribution in [-0.2, 0) is 20.1 Å². The number of benzene rings is 2. The second-order valence-electron chi connectivity index (χ2n) is 9.21. The van der Waals surface area contributed by atoms with Gasteiger partial charge in [-0.3, -0.25) is 4.98 Å². The molecule has 1 aromatic heterocycles. The molecule has 32 heavy (non-hydrogen) atoms. The molecule has 0 bridgehead atoms. The number of aliphatic hydroxyl groups excluding tert-OH is 2. The molecule has 2 aliphatic rings. The second-order valence-corrected chi connectivity index (χ2v) is 9.21. The summed E-state index contributed by atoms with van der Waals surface area (Å²) in [6.07, 6.45) is 8.53. The van der Waals surface area contributed by atoms with Crippen LogP contribution >= 0.6 is 0 Å². The molecule has 1 radical (unpaired) electrons. The van der Waals surface area contributed by atoms with Crippen LogP contribution in [0.2, 0.25) is 0 Å². The maximum Gasteiger partial charge on any atom is 0.0595 e. The SMILES string of the molecule is Cc1ccc2nc(-c3[c-]cccc3)ccc2c1.OC1CCCCC2CCCCC(O)C12.[Ir]. The van der Waals surface area contributed by atoms with Crippen molar-refractivity contribution in [2.45, 2.75) is 70.5 Å². The first-order valence-corrected chi connectivity index (χ1v) is 11.8. The van der Waals surface area contributed by atoms with Crippen LogP contribution < -0.4 is 0 Å². The van der Waals surface area contributed by atoms with Gasteiger partial charge in [-0.1, -0.05) is 49.4 Å². The molecular formula is C28H34IrNO2-. The zero-order valence-corrected chi connectivity index (χ0v) is 21.2. The summed E-state index contributed by atoms with van der Waals surface area (Å²) in [5, 5.41) is 21.2. The third-order valence-electron chi connectivity index (χ3n) is 6.91. The van der Waals surface area contributed by atoms with Crippen molar-refractivity contribution in [3.63, 3.8) is 0 Å². The average molecular weight is 609 g/mol. The smallest absolute Gasteiger partial charge is 0.0595 e. The number of aliphatic hydroxyl groups is 2. The molecule has 173 valence electrons. The quantitative estimate of drug-likeness (QED) is 0.329. The van der Waals surface area contributed by atoms with Crippen LogP contribution in [0.4, 0.5) is 0 Å². The maximum atomic E-state index is 10.0. The van der Waals surface area contributed by atoms with E-state index in [0.717, 1.165) is 42.5 Å². The number of hydrogen-bond acceptors (Lipinski definition) is 3. The van der Waals surface area contributed by atoms with E-state index in [-0.39, 0.29) is 38.2 Å². The van der Waals surface area contributed by atoms with Gasteiger partial charge in [-0.15, -0.1) is 35.9 Å². The maximum absolute atomic E-state index is 10.0. The van der Waals surface area contributed by atoms with E-state index in [0.29, 0.717) is 5.92 Å². The van der Waals surface area contributed by atoms with E-state index in [4.69, 9.17) is 0 Å². The van der Waals surface area contributed by atoms with Gasteiger partial charge in [0.2, 0.25) is 0 Å². The van der Waals surface area contributed by atoms with Crippen LogP contribution in [0.3, 0.4) is 0 Å². The molecule has 0 saturated heterocycles. The molecule has 2 saturated carbocycles. The van der Waals surface area contributed by atoms with Gasteiger partial charge in [0.25, 0.3) is 0 Å². The molecule has 2 aromatic carbocycles. The third kappa shape index (κ3) is 6.26. The average Bonchev–Trinajstić information content (AvgIpc) is 3.09.